The van der Waals surface area contributed by atoms with Crippen LogP contribution in [-0.4, -0.2) is 24.9 Å². The summed E-state index contributed by atoms with van der Waals surface area (Å²) >= 11 is 0. The molecule has 1 heterocycles. The summed E-state index contributed by atoms with van der Waals surface area (Å²) in [7, 11) is -3.76. The summed E-state index contributed by atoms with van der Waals surface area (Å²) in [6.07, 6.45) is 2.11. The number of rotatable bonds is 8. The van der Waals surface area contributed by atoms with Crippen molar-refractivity contribution in [2.45, 2.75) is 18.2 Å². The Kier molecular flexibility index (Phi) is 6.07. The number of nitrogens with zero attached hydrogens (tertiary/aromatic N) is 2. The molecule has 0 unspecified atom stereocenters. The average molecular weight is 398 g/mol. The second kappa shape index (κ2) is 8.68. The number of aromatic nitrogens is 2. The lowest BCUT2D eigenvalue weighted by molar-refractivity contribution is 0.587. The molecule has 0 fully saturated rings. The molecule has 9 heteroatoms. The molecule has 0 saturated heterocycles. The number of aryl methyl sites for hydroxylation is 1. The van der Waals surface area contributed by atoms with Crippen molar-refractivity contribution < 1.29 is 8.42 Å². The molecule has 0 aliphatic rings. The van der Waals surface area contributed by atoms with E-state index in [1.165, 1.54) is 24.0 Å². The normalized spacial score (nSPS) is 11.2. The van der Waals surface area contributed by atoms with Gasteiger partial charge in [-0.2, -0.15) is 0 Å². The van der Waals surface area contributed by atoms with Crippen molar-refractivity contribution in [1.29, 1.82) is 0 Å². The second-order valence-electron chi connectivity index (χ2n) is 6.19. The molecule has 0 saturated carbocycles. The van der Waals surface area contributed by atoms with Crippen molar-refractivity contribution in [2.75, 3.05) is 23.0 Å². The van der Waals surface area contributed by atoms with Crippen LogP contribution in [0.1, 0.15) is 11.1 Å². The summed E-state index contributed by atoms with van der Waals surface area (Å²) in [6, 6.07) is 16.5. The number of anilines is 3. The fraction of sp³-hybridized carbons (Fsp3) is 0.158. The fourth-order valence-corrected chi connectivity index (χ4v) is 3.34. The Hall–Kier alpha value is -3.17. The summed E-state index contributed by atoms with van der Waals surface area (Å²) in [4.78, 5) is 10.5. The van der Waals surface area contributed by atoms with E-state index in [9.17, 15) is 8.42 Å². The predicted octanol–water partition coefficient (Wildman–Crippen LogP) is 2.33. The Morgan fingerprint density at radius 2 is 1.64 bits per heavy atom. The van der Waals surface area contributed by atoms with E-state index in [-0.39, 0.29) is 16.4 Å². The maximum absolute atomic E-state index is 12.4. The zero-order chi connectivity index (χ0) is 20.0. The van der Waals surface area contributed by atoms with Crippen molar-refractivity contribution in [1.82, 2.24) is 14.8 Å². The minimum absolute atomic E-state index is 0.138. The Morgan fingerprint density at radius 1 is 0.964 bits per heavy atom. The van der Waals surface area contributed by atoms with E-state index >= 15 is 0 Å². The monoisotopic (exact) mass is 398 g/mol. The summed E-state index contributed by atoms with van der Waals surface area (Å²) in [6.45, 7) is 2.51. The van der Waals surface area contributed by atoms with Crippen LogP contribution in [0, 0.1) is 6.92 Å². The highest BCUT2D eigenvalue weighted by molar-refractivity contribution is 7.89. The van der Waals surface area contributed by atoms with Crippen LogP contribution in [0.15, 0.2) is 65.8 Å². The Balaban J connectivity index is 1.63. The van der Waals surface area contributed by atoms with Gasteiger partial charge in [0.2, 0.25) is 0 Å². The van der Waals surface area contributed by atoms with Gasteiger partial charge in [0, 0.05) is 6.54 Å². The molecular weight excluding hydrogens is 376 g/mol. The first-order valence-corrected chi connectivity index (χ1v) is 10.2. The maximum Gasteiger partial charge on any atom is 0.257 e. The number of nitrogen functional groups attached to an aromatic ring is 1. The van der Waals surface area contributed by atoms with Gasteiger partial charge in [-0.25, -0.2) is 18.4 Å². The molecule has 0 spiro atoms. The molecule has 0 bridgehead atoms. The smallest absolute Gasteiger partial charge is 0.257 e. The maximum atomic E-state index is 12.4. The number of benzene rings is 2. The van der Waals surface area contributed by atoms with Crippen molar-refractivity contribution in [2.24, 2.45) is 0 Å². The molecule has 3 rings (SSSR count). The molecule has 28 heavy (non-hydrogen) atoms. The van der Waals surface area contributed by atoms with E-state index in [1.54, 1.807) is 12.1 Å². The molecule has 5 N–H and O–H groups in total. The van der Waals surface area contributed by atoms with Gasteiger partial charge in [-0.15, -0.1) is 4.83 Å². The molecule has 0 amide bonds. The van der Waals surface area contributed by atoms with Gasteiger partial charge in [-0.1, -0.05) is 48.0 Å². The number of hydrazine groups is 1. The van der Waals surface area contributed by atoms with Crippen molar-refractivity contribution in [3.8, 4) is 0 Å². The van der Waals surface area contributed by atoms with E-state index in [4.69, 9.17) is 5.73 Å². The lowest BCUT2D eigenvalue weighted by Gasteiger charge is -2.13. The van der Waals surface area contributed by atoms with Gasteiger partial charge in [0.25, 0.3) is 10.0 Å². The van der Waals surface area contributed by atoms with Gasteiger partial charge in [0.15, 0.2) is 11.6 Å². The Labute approximate surface area is 164 Å². The molecule has 0 atom stereocenters. The van der Waals surface area contributed by atoms with Gasteiger partial charge in [-0.3, -0.25) is 5.43 Å². The highest BCUT2D eigenvalue weighted by Gasteiger charge is 2.15. The van der Waals surface area contributed by atoms with Crippen LogP contribution >= 0.6 is 0 Å². The van der Waals surface area contributed by atoms with Crippen LogP contribution in [0.3, 0.4) is 0 Å². The van der Waals surface area contributed by atoms with Gasteiger partial charge in [0.05, 0.1) is 4.90 Å². The molecule has 8 nitrogen and oxygen atoms in total. The molecular formula is C19H22N6O2S. The summed E-state index contributed by atoms with van der Waals surface area (Å²) in [5, 5.41) is 3.14. The molecule has 3 aromatic rings. The van der Waals surface area contributed by atoms with Gasteiger partial charge < -0.3 is 11.1 Å². The van der Waals surface area contributed by atoms with Crippen LogP contribution in [-0.2, 0) is 16.4 Å². The third-order valence-electron chi connectivity index (χ3n) is 4.07. The number of nitrogens with one attached hydrogen (secondary N) is 3. The molecule has 0 aliphatic heterocycles. The van der Waals surface area contributed by atoms with E-state index in [1.807, 2.05) is 37.3 Å². The van der Waals surface area contributed by atoms with Crippen molar-refractivity contribution >= 4 is 27.3 Å². The molecule has 2 aromatic carbocycles. The standard InChI is InChI=1S/C19H22N6O2S/c1-14-7-9-16(10-8-14)28(26,27)25-24-19-17(20)18(22-13-23-19)21-12-11-15-5-3-2-4-6-15/h2-10,13,25H,11-12,20H2,1H3,(H2,21,22,23,24). The van der Waals surface area contributed by atoms with Crippen molar-refractivity contribution in [3.05, 3.63) is 72.1 Å². The largest absolute Gasteiger partial charge is 0.393 e. The second-order valence-corrected chi connectivity index (χ2v) is 7.87. The first kappa shape index (κ1) is 19.6. The number of hydrogen-bond acceptors (Lipinski definition) is 7. The Morgan fingerprint density at radius 3 is 2.36 bits per heavy atom. The third-order valence-corrected chi connectivity index (χ3v) is 5.33. The molecule has 0 aliphatic carbocycles. The van der Waals surface area contributed by atoms with E-state index < -0.39 is 10.0 Å². The third kappa shape index (κ3) is 4.96. The highest BCUT2D eigenvalue weighted by atomic mass is 32.2. The zero-order valence-electron chi connectivity index (χ0n) is 15.4. The number of sulfonamides is 1. The lowest BCUT2D eigenvalue weighted by atomic mass is 10.1. The fourth-order valence-electron chi connectivity index (χ4n) is 2.50. The first-order valence-electron chi connectivity index (χ1n) is 8.68. The topological polar surface area (TPSA) is 122 Å². The highest BCUT2D eigenvalue weighted by Crippen LogP contribution is 2.22. The van der Waals surface area contributed by atoms with Crippen LogP contribution in [0.25, 0.3) is 0 Å². The van der Waals surface area contributed by atoms with Gasteiger partial charge in [-0.05, 0) is 31.0 Å². The molecule has 1 aromatic heterocycles. The van der Waals surface area contributed by atoms with Crippen LogP contribution in [0.5, 0.6) is 0 Å². The summed E-state index contributed by atoms with van der Waals surface area (Å²) in [5.41, 5.74) is 11.0. The number of hydrogen-bond donors (Lipinski definition) is 4. The Bertz CT molecular complexity index is 1020. The SMILES string of the molecule is Cc1ccc(S(=O)(=O)NNc2ncnc(NCCc3ccccc3)c2N)cc1. The lowest BCUT2D eigenvalue weighted by Crippen LogP contribution is -2.30. The van der Waals surface area contributed by atoms with Crippen molar-refractivity contribution in [3.63, 3.8) is 0 Å². The van der Waals surface area contributed by atoms with Gasteiger partial charge >= 0.3 is 0 Å². The molecule has 0 radical (unpaired) electrons. The van der Waals surface area contributed by atoms with E-state index in [0.29, 0.717) is 12.4 Å². The predicted molar refractivity (Wildman–Crippen MR) is 110 cm³/mol. The first-order chi connectivity index (χ1) is 13.5. The van der Waals surface area contributed by atoms with Crippen LogP contribution in [0.4, 0.5) is 17.3 Å². The summed E-state index contributed by atoms with van der Waals surface area (Å²) in [5.74, 6) is 0.607. The van der Waals surface area contributed by atoms with Gasteiger partial charge in [0.1, 0.15) is 12.0 Å². The quantitative estimate of drug-likeness (QED) is 0.430. The van der Waals surface area contributed by atoms with Crippen LogP contribution < -0.4 is 21.3 Å². The summed E-state index contributed by atoms with van der Waals surface area (Å²) < 4.78 is 24.7. The van der Waals surface area contributed by atoms with E-state index in [0.717, 1.165) is 12.0 Å². The zero-order valence-corrected chi connectivity index (χ0v) is 16.2. The minimum Gasteiger partial charge on any atom is -0.393 e. The van der Waals surface area contributed by atoms with E-state index in [2.05, 4.69) is 25.5 Å². The average Bonchev–Trinajstić information content (AvgIpc) is 2.69. The van der Waals surface area contributed by atoms with Crippen LogP contribution in [0.2, 0.25) is 0 Å². The molecule has 146 valence electrons. The number of nitrogens with two attached hydrogens (primary N) is 1. The minimum atomic E-state index is -3.76.